The van der Waals surface area contributed by atoms with E-state index < -0.39 is 24.0 Å². The molecule has 2 rings (SSSR count). The molecule has 0 radical (unpaired) electrons. The molecule has 23 heavy (non-hydrogen) atoms. The summed E-state index contributed by atoms with van der Waals surface area (Å²) < 4.78 is 42.8. The zero-order chi connectivity index (χ0) is 17.1. The van der Waals surface area contributed by atoms with Crippen LogP contribution in [0.3, 0.4) is 0 Å². The average molecular weight is 331 g/mol. The first-order valence-corrected chi connectivity index (χ1v) is 7.27. The number of rotatable bonds is 7. The van der Waals surface area contributed by atoms with Crippen molar-refractivity contribution in [1.82, 2.24) is 24.6 Å². The van der Waals surface area contributed by atoms with E-state index >= 15 is 0 Å². The van der Waals surface area contributed by atoms with Gasteiger partial charge in [0.2, 0.25) is 5.60 Å². The van der Waals surface area contributed by atoms with Gasteiger partial charge < -0.3 is 15.0 Å². The SMILES string of the molecule is CCn1cc(CNCCC(O)(c2nccn2C)C(F)(F)F)cn1. The maximum Gasteiger partial charge on any atom is 0.424 e. The molecule has 0 bridgehead atoms. The Morgan fingerprint density at radius 2 is 2.09 bits per heavy atom. The van der Waals surface area contributed by atoms with Crippen LogP contribution in [0.25, 0.3) is 0 Å². The van der Waals surface area contributed by atoms with Crippen LogP contribution in [-0.4, -0.2) is 37.2 Å². The molecule has 0 amide bonds. The topological polar surface area (TPSA) is 67.9 Å². The molecule has 1 unspecified atom stereocenters. The Balaban J connectivity index is 1.98. The minimum Gasteiger partial charge on any atom is -0.374 e. The number of alkyl halides is 3. The first-order valence-electron chi connectivity index (χ1n) is 7.27. The van der Waals surface area contributed by atoms with Gasteiger partial charge in [0.15, 0.2) is 0 Å². The van der Waals surface area contributed by atoms with Crippen LogP contribution in [0.4, 0.5) is 13.2 Å². The molecule has 0 spiro atoms. The fourth-order valence-corrected chi connectivity index (χ4v) is 2.32. The third-order valence-corrected chi connectivity index (χ3v) is 3.66. The molecule has 0 aromatic carbocycles. The van der Waals surface area contributed by atoms with Gasteiger partial charge in [-0.1, -0.05) is 0 Å². The second kappa shape index (κ2) is 6.71. The molecule has 2 heterocycles. The molecule has 0 fully saturated rings. The Hall–Kier alpha value is -1.87. The van der Waals surface area contributed by atoms with Crippen molar-refractivity contribution in [2.75, 3.05) is 6.54 Å². The van der Waals surface area contributed by atoms with Crippen LogP contribution >= 0.6 is 0 Å². The third kappa shape index (κ3) is 3.73. The second-order valence-corrected chi connectivity index (χ2v) is 5.35. The van der Waals surface area contributed by atoms with Crippen molar-refractivity contribution in [3.63, 3.8) is 0 Å². The van der Waals surface area contributed by atoms with Crippen molar-refractivity contribution in [3.05, 3.63) is 36.2 Å². The Kier molecular flexibility index (Phi) is 5.10. The minimum absolute atomic E-state index is 0.0137. The first kappa shape index (κ1) is 17.5. The van der Waals surface area contributed by atoms with Crippen LogP contribution in [0, 0.1) is 0 Å². The van der Waals surface area contributed by atoms with Crippen LogP contribution in [0.5, 0.6) is 0 Å². The summed E-state index contributed by atoms with van der Waals surface area (Å²) in [6, 6.07) is 0. The Bertz CT molecular complexity index is 636. The molecule has 0 saturated carbocycles. The summed E-state index contributed by atoms with van der Waals surface area (Å²) >= 11 is 0. The Morgan fingerprint density at radius 1 is 1.35 bits per heavy atom. The van der Waals surface area contributed by atoms with E-state index in [2.05, 4.69) is 15.4 Å². The van der Waals surface area contributed by atoms with Gasteiger partial charge >= 0.3 is 6.18 Å². The summed E-state index contributed by atoms with van der Waals surface area (Å²) in [5, 5.41) is 17.1. The molecule has 128 valence electrons. The van der Waals surface area contributed by atoms with E-state index in [4.69, 9.17) is 0 Å². The van der Waals surface area contributed by atoms with Gasteiger partial charge in [0.1, 0.15) is 5.82 Å². The number of nitrogens with zero attached hydrogens (tertiary/aromatic N) is 4. The van der Waals surface area contributed by atoms with E-state index in [1.807, 2.05) is 13.1 Å². The standard InChI is InChI=1S/C14H20F3N5O/c1-3-22-10-11(9-20-22)8-18-5-4-13(23,14(15,16)17)12-19-6-7-21(12)2/h6-7,9-10,18,23H,3-5,8H2,1-2H3. The Morgan fingerprint density at radius 3 is 2.61 bits per heavy atom. The van der Waals surface area contributed by atoms with Crippen LogP contribution in [0.2, 0.25) is 0 Å². The summed E-state index contributed by atoms with van der Waals surface area (Å²) in [4.78, 5) is 3.66. The molecule has 9 heteroatoms. The maximum atomic E-state index is 13.3. The number of hydrogen-bond acceptors (Lipinski definition) is 4. The van der Waals surface area contributed by atoms with E-state index in [9.17, 15) is 18.3 Å². The Labute approximate surface area is 131 Å². The van der Waals surface area contributed by atoms with E-state index in [1.165, 1.54) is 24.0 Å². The smallest absolute Gasteiger partial charge is 0.374 e. The summed E-state index contributed by atoms with van der Waals surface area (Å²) in [5.74, 6) is -0.411. The van der Waals surface area contributed by atoms with Crippen LogP contribution in [-0.2, 0) is 25.7 Å². The number of halogens is 3. The highest BCUT2D eigenvalue weighted by molar-refractivity contribution is 5.09. The fraction of sp³-hybridized carbons (Fsp3) is 0.571. The first-order chi connectivity index (χ1) is 10.8. The van der Waals surface area contributed by atoms with Crippen molar-refractivity contribution in [2.24, 2.45) is 7.05 Å². The molecule has 2 N–H and O–H groups in total. The normalized spacial score (nSPS) is 14.9. The van der Waals surface area contributed by atoms with Gasteiger partial charge in [-0.25, -0.2) is 4.98 Å². The largest absolute Gasteiger partial charge is 0.424 e. The van der Waals surface area contributed by atoms with Crippen molar-refractivity contribution in [1.29, 1.82) is 0 Å². The summed E-state index contributed by atoms with van der Waals surface area (Å²) in [7, 11) is 1.42. The average Bonchev–Trinajstić information content (AvgIpc) is 3.11. The van der Waals surface area contributed by atoms with E-state index in [0.29, 0.717) is 6.54 Å². The van der Waals surface area contributed by atoms with Crippen molar-refractivity contribution >= 4 is 0 Å². The lowest BCUT2D eigenvalue weighted by Crippen LogP contribution is -2.46. The fourth-order valence-electron chi connectivity index (χ4n) is 2.32. The van der Waals surface area contributed by atoms with Crippen molar-refractivity contribution in [2.45, 2.75) is 38.2 Å². The molecule has 0 aliphatic carbocycles. The van der Waals surface area contributed by atoms with Gasteiger partial charge in [-0.05, 0) is 13.5 Å². The molecule has 2 aromatic heterocycles. The van der Waals surface area contributed by atoms with E-state index in [0.717, 1.165) is 12.1 Å². The molecule has 1 atom stereocenters. The highest BCUT2D eigenvalue weighted by atomic mass is 19.4. The highest BCUT2D eigenvalue weighted by Gasteiger charge is 2.56. The van der Waals surface area contributed by atoms with Gasteiger partial charge in [-0.3, -0.25) is 4.68 Å². The maximum absolute atomic E-state index is 13.3. The van der Waals surface area contributed by atoms with Crippen molar-refractivity contribution < 1.29 is 18.3 Å². The van der Waals surface area contributed by atoms with Gasteiger partial charge in [0.05, 0.1) is 6.20 Å². The summed E-state index contributed by atoms with van der Waals surface area (Å²) in [5.41, 5.74) is -2.11. The number of aromatic nitrogens is 4. The number of aliphatic hydroxyl groups is 1. The monoisotopic (exact) mass is 331 g/mol. The molecular weight excluding hydrogens is 311 g/mol. The molecule has 6 nitrogen and oxygen atoms in total. The lowest BCUT2D eigenvalue weighted by Gasteiger charge is -2.30. The van der Waals surface area contributed by atoms with Crippen LogP contribution in [0.1, 0.15) is 24.7 Å². The minimum atomic E-state index is -4.80. The van der Waals surface area contributed by atoms with E-state index in [1.54, 1.807) is 10.9 Å². The summed E-state index contributed by atoms with van der Waals surface area (Å²) in [6.07, 6.45) is 0.758. The number of imidazole rings is 1. The molecule has 0 aliphatic rings. The zero-order valence-electron chi connectivity index (χ0n) is 13.0. The van der Waals surface area contributed by atoms with Gasteiger partial charge in [-0.15, -0.1) is 0 Å². The molecule has 0 saturated heterocycles. The zero-order valence-corrected chi connectivity index (χ0v) is 13.0. The number of nitrogens with one attached hydrogen (secondary N) is 1. The highest BCUT2D eigenvalue weighted by Crippen LogP contribution is 2.40. The molecule has 2 aromatic rings. The second-order valence-electron chi connectivity index (χ2n) is 5.35. The molecule has 0 aliphatic heterocycles. The predicted molar refractivity (Wildman–Crippen MR) is 77.4 cm³/mol. The third-order valence-electron chi connectivity index (χ3n) is 3.66. The number of hydrogen-bond donors (Lipinski definition) is 2. The lowest BCUT2D eigenvalue weighted by atomic mass is 9.97. The quantitative estimate of drug-likeness (QED) is 0.756. The molecular formula is C14H20F3N5O. The number of aryl methyl sites for hydroxylation is 2. The van der Waals surface area contributed by atoms with Crippen LogP contribution in [0.15, 0.2) is 24.8 Å². The predicted octanol–water partition coefficient (Wildman–Crippen LogP) is 1.57. The lowest BCUT2D eigenvalue weighted by molar-refractivity contribution is -0.272. The van der Waals surface area contributed by atoms with Gasteiger partial charge in [0.25, 0.3) is 0 Å². The summed E-state index contributed by atoms with van der Waals surface area (Å²) in [6.45, 7) is 3.04. The van der Waals surface area contributed by atoms with Crippen LogP contribution < -0.4 is 5.32 Å². The van der Waals surface area contributed by atoms with Gasteiger partial charge in [0, 0.05) is 50.7 Å². The van der Waals surface area contributed by atoms with E-state index in [-0.39, 0.29) is 6.54 Å². The van der Waals surface area contributed by atoms with Crippen molar-refractivity contribution in [3.8, 4) is 0 Å². The van der Waals surface area contributed by atoms with Gasteiger partial charge in [-0.2, -0.15) is 18.3 Å².